The molecule has 2 saturated heterocycles. The van der Waals surface area contributed by atoms with Gasteiger partial charge in [-0.1, -0.05) is 0 Å². The smallest absolute Gasteiger partial charge is 0.407 e. The first kappa shape index (κ1) is 8.15. The van der Waals surface area contributed by atoms with E-state index in [1.165, 1.54) is 17.1 Å². The number of nitrogens with zero attached hydrogens (tertiary/aromatic N) is 2. The van der Waals surface area contributed by atoms with Crippen molar-refractivity contribution in [3.05, 3.63) is 0 Å². The van der Waals surface area contributed by atoms with Gasteiger partial charge in [0.15, 0.2) is 0 Å². The number of fused-ring (bicyclic) bond motifs is 1. The number of rotatable bonds is 0. The molecule has 2 aliphatic rings. The van der Waals surface area contributed by atoms with Crippen LogP contribution in [0.1, 0.15) is 0 Å². The second-order valence-electron chi connectivity index (χ2n) is 2.88. The Morgan fingerprint density at radius 1 is 1.58 bits per heavy atom. The number of hydrogen-bond donors (Lipinski definition) is 1. The fourth-order valence-electron chi connectivity index (χ4n) is 1.42. The molecule has 0 unspecified atom stereocenters. The van der Waals surface area contributed by atoms with E-state index in [1.54, 1.807) is 0 Å². The van der Waals surface area contributed by atoms with Crippen LogP contribution in [-0.2, 0) is 4.18 Å². The van der Waals surface area contributed by atoms with Gasteiger partial charge in [-0.05, 0) is 0 Å². The number of carbonyl (C=O) groups is 1. The maximum absolute atomic E-state index is 10.6. The highest BCUT2D eigenvalue weighted by Crippen LogP contribution is 2.27. The number of amides is 1. The lowest BCUT2D eigenvalue weighted by Crippen LogP contribution is -2.50. The summed E-state index contributed by atoms with van der Waals surface area (Å²) >= 11 is 1.35. The maximum Gasteiger partial charge on any atom is 0.407 e. The largest absolute Gasteiger partial charge is 0.465 e. The van der Waals surface area contributed by atoms with Crippen molar-refractivity contribution >= 4 is 18.3 Å². The Morgan fingerprint density at radius 2 is 2.42 bits per heavy atom. The van der Waals surface area contributed by atoms with Crippen molar-refractivity contribution in [2.45, 2.75) is 6.04 Å². The van der Waals surface area contributed by atoms with E-state index in [0.29, 0.717) is 19.7 Å². The van der Waals surface area contributed by atoms with Crippen molar-refractivity contribution in [2.24, 2.45) is 0 Å². The van der Waals surface area contributed by atoms with E-state index >= 15 is 0 Å². The molecule has 0 aromatic carbocycles. The second kappa shape index (κ2) is 3.12. The van der Waals surface area contributed by atoms with E-state index in [1.807, 2.05) is 0 Å². The molecular weight excluding hydrogens is 180 g/mol. The normalized spacial score (nSPS) is 30.3. The minimum Gasteiger partial charge on any atom is -0.465 e. The van der Waals surface area contributed by atoms with Crippen LogP contribution in [0.3, 0.4) is 0 Å². The van der Waals surface area contributed by atoms with Gasteiger partial charge in [0.1, 0.15) is 0 Å². The van der Waals surface area contributed by atoms with E-state index in [0.717, 1.165) is 6.54 Å². The summed E-state index contributed by atoms with van der Waals surface area (Å²) in [5.74, 6) is 0. The highest BCUT2D eigenvalue weighted by Gasteiger charge is 2.34. The van der Waals surface area contributed by atoms with Gasteiger partial charge in [-0.25, -0.2) is 9.10 Å². The van der Waals surface area contributed by atoms with Crippen LogP contribution in [-0.4, -0.2) is 52.7 Å². The Hall–Kier alpha value is -0.460. The molecule has 1 N–H and O–H groups in total. The SMILES string of the molecule is O=C(O)N1CCN2SOC[C@@H]2C1. The molecule has 0 aliphatic carbocycles. The summed E-state index contributed by atoms with van der Waals surface area (Å²) in [6.45, 7) is 2.56. The Labute approximate surface area is 74.6 Å². The lowest BCUT2D eigenvalue weighted by atomic mass is 10.2. The summed E-state index contributed by atoms with van der Waals surface area (Å²) in [6.07, 6.45) is -0.827. The highest BCUT2D eigenvalue weighted by molar-refractivity contribution is 7.92. The van der Waals surface area contributed by atoms with Gasteiger partial charge < -0.3 is 10.0 Å². The fourth-order valence-corrected chi connectivity index (χ4v) is 2.18. The van der Waals surface area contributed by atoms with Gasteiger partial charge >= 0.3 is 6.09 Å². The fraction of sp³-hybridized carbons (Fsp3) is 0.833. The van der Waals surface area contributed by atoms with Crippen LogP contribution in [0.5, 0.6) is 0 Å². The zero-order valence-electron chi connectivity index (χ0n) is 6.47. The van der Waals surface area contributed by atoms with Crippen LogP contribution >= 0.6 is 12.2 Å². The molecule has 68 valence electrons. The van der Waals surface area contributed by atoms with Crippen molar-refractivity contribution in [3.8, 4) is 0 Å². The molecule has 0 spiro atoms. The third-order valence-electron chi connectivity index (χ3n) is 2.11. The van der Waals surface area contributed by atoms with Crippen LogP contribution in [0.15, 0.2) is 0 Å². The van der Waals surface area contributed by atoms with Gasteiger partial charge in [0.25, 0.3) is 0 Å². The molecular formula is C6H10N2O3S. The highest BCUT2D eigenvalue weighted by atomic mass is 32.2. The monoisotopic (exact) mass is 190 g/mol. The lowest BCUT2D eigenvalue weighted by Gasteiger charge is -2.32. The maximum atomic E-state index is 10.6. The van der Waals surface area contributed by atoms with E-state index < -0.39 is 6.09 Å². The molecule has 0 aromatic heterocycles. The summed E-state index contributed by atoms with van der Waals surface area (Å²) in [4.78, 5) is 12.0. The van der Waals surface area contributed by atoms with E-state index in [4.69, 9.17) is 9.29 Å². The van der Waals surface area contributed by atoms with Crippen molar-refractivity contribution in [3.63, 3.8) is 0 Å². The van der Waals surface area contributed by atoms with Crippen molar-refractivity contribution in [1.29, 1.82) is 0 Å². The van der Waals surface area contributed by atoms with Gasteiger partial charge in [0, 0.05) is 19.6 Å². The predicted molar refractivity (Wildman–Crippen MR) is 43.6 cm³/mol. The van der Waals surface area contributed by atoms with Crippen LogP contribution in [0.4, 0.5) is 4.79 Å². The van der Waals surface area contributed by atoms with Crippen molar-refractivity contribution < 1.29 is 14.1 Å². The predicted octanol–water partition coefficient (Wildman–Crippen LogP) is 0.244. The summed E-state index contributed by atoms with van der Waals surface area (Å²) in [6, 6.07) is 0.250. The van der Waals surface area contributed by atoms with E-state index in [2.05, 4.69) is 4.31 Å². The molecule has 0 radical (unpaired) electrons. The Balaban J connectivity index is 1.96. The number of carboxylic acid groups (broad SMARTS) is 1. The molecule has 2 rings (SSSR count). The molecule has 2 aliphatic heterocycles. The van der Waals surface area contributed by atoms with E-state index in [9.17, 15) is 4.79 Å². The summed E-state index contributed by atoms with van der Waals surface area (Å²) in [7, 11) is 0. The van der Waals surface area contributed by atoms with E-state index in [-0.39, 0.29) is 6.04 Å². The summed E-state index contributed by atoms with van der Waals surface area (Å²) in [5.41, 5.74) is 0. The standard InChI is InChI=1S/C6H10N2O3S/c9-6(10)7-1-2-8-5(3-7)4-11-12-8/h5H,1-4H2,(H,9,10)/t5-/m0/s1. The molecule has 5 nitrogen and oxygen atoms in total. The molecule has 0 aromatic rings. The number of piperazine rings is 1. The quantitative estimate of drug-likeness (QED) is 0.438. The third-order valence-corrected chi connectivity index (χ3v) is 3.02. The first-order valence-electron chi connectivity index (χ1n) is 3.81. The van der Waals surface area contributed by atoms with Crippen molar-refractivity contribution in [2.75, 3.05) is 26.2 Å². The average molecular weight is 190 g/mol. The molecule has 1 amide bonds. The lowest BCUT2D eigenvalue weighted by molar-refractivity contribution is 0.109. The molecule has 0 saturated carbocycles. The number of hydrogen-bond acceptors (Lipinski definition) is 4. The summed E-state index contributed by atoms with van der Waals surface area (Å²) < 4.78 is 7.24. The zero-order chi connectivity index (χ0) is 8.55. The zero-order valence-corrected chi connectivity index (χ0v) is 7.29. The molecule has 2 heterocycles. The molecule has 0 bridgehead atoms. The Kier molecular flexibility index (Phi) is 2.12. The third kappa shape index (κ3) is 1.37. The molecule has 12 heavy (non-hydrogen) atoms. The van der Waals surface area contributed by atoms with Crippen LogP contribution in [0.2, 0.25) is 0 Å². The van der Waals surface area contributed by atoms with Gasteiger partial charge in [0.2, 0.25) is 0 Å². The van der Waals surface area contributed by atoms with Gasteiger partial charge in [-0.2, -0.15) is 0 Å². The minimum atomic E-state index is -0.827. The molecule has 1 atom stereocenters. The second-order valence-corrected chi connectivity index (χ2v) is 3.74. The van der Waals surface area contributed by atoms with Crippen LogP contribution < -0.4 is 0 Å². The van der Waals surface area contributed by atoms with Crippen LogP contribution in [0, 0.1) is 0 Å². The Morgan fingerprint density at radius 3 is 3.17 bits per heavy atom. The first-order valence-corrected chi connectivity index (χ1v) is 4.51. The first-order chi connectivity index (χ1) is 5.77. The molecule has 2 fully saturated rings. The average Bonchev–Trinajstić information content (AvgIpc) is 2.49. The summed E-state index contributed by atoms with van der Waals surface area (Å²) in [5, 5.41) is 8.72. The topological polar surface area (TPSA) is 53.0 Å². The van der Waals surface area contributed by atoms with Gasteiger partial charge in [-0.3, -0.25) is 4.18 Å². The minimum absolute atomic E-state index is 0.250. The van der Waals surface area contributed by atoms with Crippen molar-refractivity contribution in [1.82, 2.24) is 9.21 Å². The van der Waals surface area contributed by atoms with Crippen LogP contribution in [0.25, 0.3) is 0 Å². The Bertz CT molecular complexity index is 201. The van der Waals surface area contributed by atoms with Gasteiger partial charge in [0.05, 0.1) is 24.9 Å². The molecule has 6 heteroatoms. The van der Waals surface area contributed by atoms with Gasteiger partial charge in [-0.15, -0.1) is 0 Å².